The van der Waals surface area contributed by atoms with Gasteiger partial charge in [-0.05, 0) is 25.0 Å². The van der Waals surface area contributed by atoms with E-state index in [2.05, 4.69) is 0 Å². The molecule has 0 amide bonds. The first-order valence-electron chi connectivity index (χ1n) is 7.79. The number of rotatable bonds is 4. The van der Waals surface area contributed by atoms with Crippen molar-refractivity contribution in [2.45, 2.75) is 44.5 Å². The van der Waals surface area contributed by atoms with Gasteiger partial charge in [0.2, 0.25) is 5.79 Å². The van der Waals surface area contributed by atoms with Crippen molar-refractivity contribution in [1.82, 2.24) is 0 Å². The molecule has 5 nitrogen and oxygen atoms in total. The van der Waals surface area contributed by atoms with E-state index in [0.29, 0.717) is 6.61 Å². The highest BCUT2D eigenvalue weighted by Gasteiger charge is 2.43. The minimum Gasteiger partial charge on any atom is -0.462 e. The second-order valence-electron chi connectivity index (χ2n) is 5.85. The maximum atomic E-state index is 6.20. The van der Waals surface area contributed by atoms with Crippen molar-refractivity contribution >= 4 is 14.0 Å². The van der Waals surface area contributed by atoms with Crippen molar-refractivity contribution in [3.8, 4) is 5.75 Å². The van der Waals surface area contributed by atoms with E-state index in [9.17, 15) is 0 Å². The Morgan fingerprint density at radius 1 is 1.00 bits per heavy atom. The molecule has 0 atom stereocenters. The third-order valence-electron chi connectivity index (χ3n) is 4.62. The Hall–Kier alpha value is -0.923. The summed E-state index contributed by atoms with van der Waals surface area (Å²) in [6.07, 6.45) is 5.55. The first-order valence-corrected chi connectivity index (χ1v) is 9.51. The standard InChI is InChI=1S/C16H24O5Si/c1-17-22(18-2,19-3)14-7-8-15-13(11-14)12-20-16(21-15)9-5-4-6-10-16/h7-8,11H,4-6,9-10,12H2,1-3H3. The summed E-state index contributed by atoms with van der Waals surface area (Å²) < 4.78 is 28.9. The molecule has 1 spiro atoms. The SMILES string of the molecule is CO[Si](OC)(OC)c1ccc2c(c1)COC1(CCCCC1)O2. The van der Waals surface area contributed by atoms with Crippen LogP contribution in [0.5, 0.6) is 5.75 Å². The van der Waals surface area contributed by atoms with Crippen LogP contribution < -0.4 is 9.92 Å². The maximum Gasteiger partial charge on any atom is 0.536 e. The van der Waals surface area contributed by atoms with Crippen LogP contribution in [0, 0.1) is 0 Å². The van der Waals surface area contributed by atoms with E-state index in [1.54, 1.807) is 21.3 Å². The number of benzene rings is 1. The number of fused-ring (bicyclic) bond motifs is 1. The summed E-state index contributed by atoms with van der Waals surface area (Å²) in [7, 11) is 2.03. The lowest BCUT2D eigenvalue weighted by molar-refractivity contribution is -0.222. The van der Waals surface area contributed by atoms with Crippen molar-refractivity contribution in [3.63, 3.8) is 0 Å². The van der Waals surface area contributed by atoms with Crippen LogP contribution in [0.4, 0.5) is 0 Å². The fourth-order valence-corrected chi connectivity index (χ4v) is 5.21. The Morgan fingerprint density at radius 3 is 2.32 bits per heavy atom. The van der Waals surface area contributed by atoms with Gasteiger partial charge in [0, 0.05) is 44.9 Å². The average molecular weight is 324 g/mol. The minimum absolute atomic E-state index is 0.412. The third-order valence-corrected chi connectivity index (χ3v) is 7.25. The van der Waals surface area contributed by atoms with Crippen LogP contribution in [0.3, 0.4) is 0 Å². The van der Waals surface area contributed by atoms with Gasteiger partial charge in [-0.25, -0.2) is 0 Å². The minimum atomic E-state index is -2.81. The van der Waals surface area contributed by atoms with Crippen molar-refractivity contribution in [3.05, 3.63) is 23.8 Å². The average Bonchev–Trinajstić information content (AvgIpc) is 2.58. The van der Waals surface area contributed by atoms with Gasteiger partial charge < -0.3 is 22.8 Å². The molecule has 2 aliphatic rings. The smallest absolute Gasteiger partial charge is 0.462 e. The highest BCUT2D eigenvalue weighted by Crippen LogP contribution is 2.39. The van der Waals surface area contributed by atoms with E-state index < -0.39 is 14.6 Å². The lowest BCUT2D eigenvalue weighted by Gasteiger charge is -2.41. The topological polar surface area (TPSA) is 46.2 Å². The zero-order valence-electron chi connectivity index (χ0n) is 13.5. The van der Waals surface area contributed by atoms with Crippen LogP contribution in [0.25, 0.3) is 0 Å². The lowest BCUT2D eigenvalue weighted by atomic mass is 9.93. The van der Waals surface area contributed by atoms with Gasteiger partial charge >= 0.3 is 8.80 Å². The van der Waals surface area contributed by atoms with E-state index >= 15 is 0 Å². The fourth-order valence-electron chi connectivity index (χ4n) is 3.36. The monoisotopic (exact) mass is 324 g/mol. The first kappa shape index (κ1) is 16.0. The maximum absolute atomic E-state index is 6.20. The zero-order chi connectivity index (χ0) is 15.6. The van der Waals surface area contributed by atoms with Crippen LogP contribution in [0.15, 0.2) is 18.2 Å². The summed E-state index contributed by atoms with van der Waals surface area (Å²) in [4.78, 5) is 0. The Labute approximate surface area is 132 Å². The molecular weight excluding hydrogens is 300 g/mol. The van der Waals surface area contributed by atoms with Gasteiger partial charge in [-0.15, -0.1) is 0 Å². The lowest BCUT2D eigenvalue weighted by Crippen LogP contribution is -2.55. The summed E-state index contributed by atoms with van der Waals surface area (Å²) in [5, 5.41) is 0.922. The molecule has 1 fully saturated rings. The molecule has 0 aromatic heterocycles. The molecule has 0 N–H and O–H groups in total. The van der Waals surface area contributed by atoms with E-state index in [4.69, 9.17) is 22.8 Å². The summed E-state index contributed by atoms with van der Waals surface area (Å²) in [6, 6.07) is 5.99. The van der Waals surface area contributed by atoms with Gasteiger partial charge in [-0.3, -0.25) is 0 Å². The van der Waals surface area contributed by atoms with Gasteiger partial charge in [0.25, 0.3) is 0 Å². The Morgan fingerprint density at radius 2 is 1.68 bits per heavy atom. The molecule has 0 saturated heterocycles. The predicted octanol–water partition coefficient (Wildman–Crippen LogP) is 2.34. The molecule has 1 aliphatic carbocycles. The number of ether oxygens (including phenoxy) is 2. The van der Waals surface area contributed by atoms with E-state index in [1.807, 2.05) is 18.2 Å². The molecule has 0 radical (unpaired) electrons. The van der Waals surface area contributed by atoms with Crippen molar-refractivity contribution < 1.29 is 22.8 Å². The van der Waals surface area contributed by atoms with Gasteiger partial charge in [-0.1, -0.05) is 12.5 Å². The van der Waals surface area contributed by atoms with E-state index in [0.717, 1.165) is 29.3 Å². The number of hydrogen-bond donors (Lipinski definition) is 0. The zero-order valence-corrected chi connectivity index (χ0v) is 14.5. The molecule has 1 saturated carbocycles. The molecule has 1 aliphatic heterocycles. The number of hydrogen-bond acceptors (Lipinski definition) is 5. The van der Waals surface area contributed by atoms with Gasteiger partial charge in [0.05, 0.1) is 6.61 Å². The largest absolute Gasteiger partial charge is 0.536 e. The van der Waals surface area contributed by atoms with Crippen molar-refractivity contribution in [1.29, 1.82) is 0 Å². The molecule has 22 heavy (non-hydrogen) atoms. The molecule has 0 bridgehead atoms. The summed E-state index contributed by atoms with van der Waals surface area (Å²) in [6.45, 7) is 0.560. The van der Waals surface area contributed by atoms with Crippen LogP contribution >= 0.6 is 0 Å². The van der Waals surface area contributed by atoms with Gasteiger partial charge in [-0.2, -0.15) is 0 Å². The third kappa shape index (κ3) is 2.70. The van der Waals surface area contributed by atoms with Crippen LogP contribution in [0.2, 0.25) is 0 Å². The molecular formula is C16H24O5Si. The first-order chi connectivity index (χ1) is 10.7. The highest BCUT2D eigenvalue weighted by atomic mass is 28.4. The molecule has 1 heterocycles. The van der Waals surface area contributed by atoms with E-state index in [-0.39, 0.29) is 0 Å². The van der Waals surface area contributed by atoms with Crippen LogP contribution in [-0.2, 0) is 24.6 Å². The molecule has 1 aromatic rings. The second kappa shape index (κ2) is 6.29. The molecule has 1 aromatic carbocycles. The fraction of sp³-hybridized carbons (Fsp3) is 0.625. The predicted molar refractivity (Wildman–Crippen MR) is 84.1 cm³/mol. The molecule has 6 heteroatoms. The van der Waals surface area contributed by atoms with Crippen LogP contribution in [0.1, 0.15) is 37.7 Å². The summed E-state index contributed by atoms with van der Waals surface area (Å²) in [5.41, 5.74) is 1.02. The van der Waals surface area contributed by atoms with Gasteiger partial charge in [0.1, 0.15) is 5.75 Å². The van der Waals surface area contributed by atoms with E-state index in [1.165, 1.54) is 19.3 Å². The van der Waals surface area contributed by atoms with Crippen LogP contribution in [-0.4, -0.2) is 35.9 Å². The Bertz CT molecular complexity index is 515. The van der Waals surface area contributed by atoms with Crippen molar-refractivity contribution in [2.24, 2.45) is 0 Å². The Kier molecular flexibility index (Phi) is 4.56. The normalized spacial score (nSPS) is 20.5. The Balaban J connectivity index is 1.87. The summed E-state index contributed by atoms with van der Waals surface area (Å²) in [5.74, 6) is 0.494. The molecule has 0 unspecified atom stereocenters. The second-order valence-corrected chi connectivity index (χ2v) is 8.77. The quantitative estimate of drug-likeness (QED) is 0.796. The van der Waals surface area contributed by atoms with Crippen molar-refractivity contribution in [2.75, 3.05) is 21.3 Å². The molecule has 3 rings (SSSR count). The molecule has 122 valence electrons. The highest BCUT2D eigenvalue weighted by molar-refractivity contribution is 6.75. The summed E-state index contributed by atoms with van der Waals surface area (Å²) >= 11 is 0. The van der Waals surface area contributed by atoms with Gasteiger partial charge in [0.15, 0.2) is 0 Å².